The topological polar surface area (TPSA) is 77.0 Å². The summed E-state index contributed by atoms with van der Waals surface area (Å²) < 4.78 is 0. The predicted molar refractivity (Wildman–Crippen MR) is 70.0 cm³/mol. The van der Waals surface area contributed by atoms with Gasteiger partial charge in [-0.3, -0.25) is 15.1 Å². The summed E-state index contributed by atoms with van der Waals surface area (Å²) in [5.41, 5.74) is 4.22. The predicted octanol–water partition coefficient (Wildman–Crippen LogP) is -0.119. The number of thiocarbonyl (C=S) groups is 1. The van der Waals surface area contributed by atoms with E-state index in [1.54, 1.807) is 18.2 Å². The fourth-order valence-corrected chi connectivity index (χ4v) is 2.47. The van der Waals surface area contributed by atoms with Gasteiger partial charge in [-0.05, 0) is 18.3 Å². The molecule has 3 N–H and O–H groups in total. The van der Waals surface area contributed by atoms with Gasteiger partial charge in [-0.2, -0.15) is 5.10 Å². The first-order valence-electron chi connectivity index (χ1n) is 5.33. The number of rotatable bonds is 0. The van der Waals surface area contributed by atoms with Crippen LogP contribution >= 0.6 is 12.2 Å². The molecule has 0 radical (unpaired) electrons. The maximum absolute atomic E-state index is 11.8. The Bertz CT molecular complexity index is 600. The number of carbonyl (C=O) groups is 1. The van der Waals surface area contributed by atoms with Crippen molar-refractivity contribution in [3.05, 3.63) is 29.8 Å². The van der Waals surface area contributed by atoms with E-state index in [0.717, 1.165) is 0 Å². The third-order valence-electron chi connectivity index (χ3n) is 2.93. The van der Waals surface area contributed by atoms with Crippen LogP contribution in [0, 0.1) is 0 Å². The lowest BCUT2D eigenvalue weighted by Gasteiger charge is -2.36. The summed E-state index contributed by atoms with van der Waals surface area (Å²) in [7, 11) is 0. The third-order valence-corrected chi connectivity index (χ3v) is 3.12. The number of carbonyl (C=O) groups excluding carboxylic acids is 1. The molecule has 2 aliphatic heterocycles. The summed E-state index contributed by atoms with van der Waals surface area (Å²) in [6, 6.07) is 7.15. The molecule has 92 valence electrons. The van der Waals surface area contributed by atoms with Gasteiger partial charge in [-0.1, -0.05) is 18.2 Å². The van der Waals surface area contributed by atoms with Crippen molar-refractivity contribution < 1.29 is 9.90 Å². The first-order valence-corrected chi connectivity index (χ1v) is 5.74. The zero-order valence-corrected chi connectivity index (χ0v) is 10.3. The molecule has 0 bridgehead atoms. The first kappa shape index (κ1) is 11.1. The summed E-state index contributed by atoms with van der Waals surface area (Å²) in [6.45, 7) is 1.38. The fourth-order valence-electron chi connectivity index (χ4n) is 2.28. The van der Waals surface area contributed by atoms with Crippen LogP contribution in [0.3, 0.4) is 0 Å². The number of anilines is 1. The van der Waals surface area contributed by atoms with Crippen molar-refractivity contribution in [3.8, 4) is 0 Å². The number of para-hydroxylation sites is 1. The molecule has 1 aromatic carbocycles. The molecule has 0 aromatic heterocycles. The van der Waals surface area contributed by atoms with Gasteiger partial charge in [0.05, 0.1) is 5.69 Å². The summed E-state index contributed by atoms with van der Waals surface area (Å²) in [5.74, 6) is -2.01. The molecule has 0 fully saturated rings. The van der Waals surface area contributed by atoms with E-state index in [-0.39, 0.29) is 11.0 Å². The Hall–Kier alpha value is -1.99. The number of fused-ring (bicyclic) bond motifs is 3. The number of benzene rings is 1. The van der Waals surface area contributed by atoms with Gasteiger partial charge in [0.2, 0.25) is 5.91 Å². The highest BCUT2D eigenvalue weighted by Gasteiger charge is 2.52. The monoisotopic (exact) mass is 262 g/mol. The number of aliphatic hydroxyl groups is 1. The molecule has 18 heavy (non-hydrogen) atoms. The molecule has 7 heteroatoms. The standard InChI is InChI=1S/C11H10N4O2S/c1-6(16)15-8-5-3-2-4-7(8)9-11(15,17)12-10(18)14-13-9/h2-5,17H,1H3,(H2,12,14,18)/t11-/m0/s1. The summed E-state index contributed by atoms with van der Waals surface area (Å²) in [4.78, 5) is 13.0. The Balaban J connectivity index is 2.27. The Morgan fingerprint density at radius 1 is 1.50 bits per heavy atom. The molecule has 1 atom stereocenters. The van der Waals surface area contributed by atoms with E-state index in [4.69, 9.17) is 12.2 Å². The van der Waals surface area contributed by atoms with Crippen molar-refractivity contribution in [2.24, 2.45) is 5.10 Å². The zero-order chi connectivity index (χ0) is 12.9. The van der Waals surface area contributed by atoms with Crippen molar-refractivity contribution in [3.63, 3.8) is 0 Å². The summed E-state index contributed by atoms with van der Waals surface area (Å²) in [6.07, 6.45) is 0. The van der Waals surface area contributed by atoms with Crippen molar-refractivity contribution in [1.29, 1.82) is 0 Å². The summed E-state index contributed by atoms with van der Waals surface area (Å²) >= 11 is 4.92. The van der Waals surface area contributed by atoms with Crippen LogP contribution in [0.25, 0.3) is 0 Å². The molecule has 1 aromatic rings. The molecule has 2 aliphatic rings. The Morgan fingerprint density at radius 2 is 2.22 bits per heavy atom. The molecule has 3 rings (SSSR count). The van der Waals surface area contributed by atoms with Crippen LogP contribution in [0.1, 0.15) is 12.5 Å². The van der Waals surface area contributed by atoms with E-state index in [1.807, 2.05) is 6.07 Å². The van der Waals surface area contributed by atoms with Gasteiger partial charge >= 0.3 is 0 Å². The summed E-state index contributed by atoms with van der Waals surface area (Å²) in [5, 5.41) is 17.6. The third kappa shape index (κ3) is 1.28. The number of nitrogens with zero attached hydrogens (tertiary/aromatic N) is 2. The van der Waals surface area contributed by atoms with Gasteiger partial charge in [0.1, 0.15) is 5.71 Å². The van der Waals surface area contributed by atoms with Crippen molar-refractivity contribution >= 4 is 34.6 Å². The minimum Gasteiger partial charge on any atom is -0.349 e. The highest BCUT2D eigenvalue weighted by atomic mass is 32.1. The van der Waals surface area contributed by atoms with Crippen molar-refractivity contribution in [2.75, 3.05) is 4.90 Å². The van der Waals surface area contributed by atoms with Gasteiger partial charge in [-0.25, -0.2) is 0 Å². The largest absolute Gasteiger partial charge is 0.349 e. The second-order valence-corrected chi connectivity index (χ2v) is 4.48. The van der Waals surface area contributed by atoms with E-state index < -0.39 is 5.85 Å². The van der Waals surface area contributed by atoms with Crippen LogP contribution in [0.5, 0.6) is 0 Å². The van der Waals surface area contributed by atoms with E-state index in [1.165, 1.54) is 11.8 Å². The Morgan fingerprint density at radius 3 is 2.94 bits per heavy atom. The highest BCUT2D eigenvalue weighted by Crippen LogP contribution is 2.37. The first-order chi connectivity index (χ1) is 8.54. The van der Waals surface area contributed by atoms with E-state index in [2.05, 4.69) is 15.8 Å². The zero-order valence-electron chi connectivity index (χ0n) is 9.47. The maximum atomic E-state index is 11.8. The minimum atomic E-state index is -1.71. The molecular formula is C11H10N4O2S. The van der Waals surface area contributed by atoms with Gasteiger partial charge < -0.3 is 10.4 Å². The number of hydrogen-bond donors (Lipinski definition) is 3. The average molecular weight is 262 g/mol. The normalized spacial score (nSPS) is 24.7. The van der Waals surface area contributed by atoms with Gasteiger partial charge in [-0.15, -0.1) is 0 Å². The van der Waals surface area contributed by atoms with Crippen LogP contribution in [-0.4, -0.2) is 27.7 Å². The number of nitrogens with one attached hydrogen (secondary N) is 2. The maximum Gasteiger partial charge on any atom is 0.273 e. The molecule has 6 nitrogen and oxygen atoms in total. The molecule has 2 heterocycles. The quantitative estimate of drug-likeness (QED) is 0.568. The molecule has 0 unspecified atom stereocenters. The number of hydrazone groups is 1. The lowest BCUT2D eigenvalue weighted by Crippen LogP contribution is -2.68. The second-order valence-electron chi connectivity index (χ2n) is 4.07. The van der Waals surface area contributed by atoms with E-state index >= 15 is 0 Å². The average Bonchev–Trinajstić information content (AvgIpc) is 2.55. The molecule has 0 aliphatic carbocycles. The molecule has 0 saturated heterocycles. The smallest absolute Gasteiger partial charge is 0.273 e. The highest BCUT2D eigenvalue weighted by molar-refractivity contribution is 7.80. The van der Waals surface area contributed by atoms with Crippen molar-refractivity contribution in [2.45, 2.75) is 12.8 Å². The van der Waals surface area contributed by atoms with Crippen molar-refractivity contribution in [1.82, 2.24) is 10.7 Å². The minimum absolute atomic E-state index is 0.167. The number of amides is 1. The fraction of sp³-hybridized carbons (Fsp3) is 0.182. The lowest BCUT2D eigenvalue weighted by atomic mass is 10.1. The molecule has 0 saturated carbocycles. The van der Waals surface area contributed by atoms with E-state index in [9.17, 15) is 9.90 Å². The van der Waals surface area contributed by atoms with Crippen LogP contribution in [0.15, 0.2) is 29.4 Å². The van der Waals surface area contributed by atoms with Gasteiger partial charge in [0, 0.05) is 12.5 Å². The lowest BCUT2D eigenvalue weighted by molar-refractivity contribution is -0.119. The van der Waals surface area contributed by atoms with Crippen LogP contribution in [0.4, 0.5) is 5.69 Å². The molecule has 0 spiro atoms. The SMILES string of the molecule is CC(=O)N1c2ccccc2C2=NNC(=S)N[C@@]21O. The molecular weight excluding hydrogens is 252 g/mol. The Labute approximate surface area is 108 Å². The van der Waals surface area contributed by atoms with Crippen LogP contribution < -0.4 is 15.6 Å². The van der Waals surface area contributed by atoms with Gasteiger partial charge in [0.15, 0.2) is 5.11 Å². The Kier molecular flexibility index (Phi) is 2.16. The van der Waals surface area contributed by atoms with E-state index in [0.29, 0.717) is 17.0 Å². The van der Waals surface area contributed by atoms with Gasteiger partial charge in [0.25, 0.3) is 5.85 Å². The molecule has 1 amide bonds. The number of hydrogen-bond acceptors (Lipinski definition) is 4. The van der Waals surface area contributed by atoms with Crippen LogP contribution in [-0.2, 0) is 4.79 Å². The second kappa shape index (κ2) is 3.50. The van der Waals surface area contributed by atoms with Crippen LogP contribution in [0.2, 0.25) is 0 Å².